The first kappa shape index (κ1) is 13.8. The molecule has 1 aromatic heterocycles. The van der Waals surface area contributed by atoms with Crippen molar-refractivity contribution in [2.45, 2.75) is 19.8 Å². The normalized spacial score (nSPS) is 18.6. The van der Waals surface area contributed by atoms with Gasteiger partial charge in [0, 0.05) is 26.8 Å². The molecule has 18 heavy (non-hydrogen) atoms. The summed E-state index contributed by atoms with van der Waals surface area (Å²) >= 11 is 7.19. The van der Waals surface area contributed by atoms with E-state index in [9.17, 15) is 4.79 Å². The summed E-state index contributed by atoms with van der Waals surface area (Å²) < 4.78 is 6.03. The number of amides is 1. The predicted octanol–water partition coefficient (Wildman–Crippen LogP) is 3.29. The van der Waals surface area contributed by atoms with Crippen LogP contribution in [0.15, 0.2) is 12.1 Å². The van der Waals surface area contributed by atoms with Gasteiger partial charge in [0.15, 0.2) is 0 Å². The monoisotopic (exact) mass is 287 g/mol. The van der Waals surface area contributed by atoms with Gasteiger partial charge in [-0.05, 0) is 30.4 Å². The second-order valence-electron chi connectivity index (χ2n) is 5.19. The summed E-state index contributed by atoms with van der Waals surface area (Å²) in [5.41, 5.74) is 0.170. The summed E-state index contributed by atoms with van der Waals surface area (Å²) in [6, 6.07) is 3.56. The first-order valence-electron chi connectivity index (χ1n) is 6.09. The lowest BCUT2D eigenvalue weighted by Gasteiger charge is -2.36. The predicted molar refractivity (Wildman–Crippen MR) is 74.4 cm³/mol. The van der Waals surface area contributed by atoms with Gasteiger partial charge >= 0.3 is 0 Å². The molecule has 1 aliphatic heterocycles. The molecule has 1 fully saturated rings. The maximum absolute atomic E-state index is 12.2. The van der Waals surface area contributed by atoms with E-state index >= 15 is 0 Å². The van der Waals surface area contributed by atoms with Gasteiger partial charge < -0.3 is 9.64 Å². The van der Waals surface area contributed by atoms with Crippen molar-refractivity contribution in [2.75, 3.05) is 26.8 Å². The lowest BCUT2D eigenvalue weighted by molar-refractivity contribution is 0.00926. The van der Waals surface area contributed by atoms with Gasteiger partial charge in [-0.1, -0.05) is 18.5 Å². The Balaban J connectivity index is 1.98. The third kappa shape index (κ3) is 3.25. The first-order valence-corrected chi connectivity index (χ1v) is 7.28. The van der Waals surface area contributed by atoms with Gasteiger partial charge in [-0.2, -0.15) is 0 Å². The minimum Gasteiger partial charge on any atom is -0.381 e. The van der Waals surface area contributed by atoms with Crippen molar-refractivity contribution in [2.24, 2.45) is 5.41 Å². The molecule has 0 aromatic carbocycles. The summed E-state index contributed by atoms with van der Waals surface area (Å²) in [4.78, 5) is 14.7. The molecule has 1 aliphatic rings. The van der Waals surface area contributed by atoms with Crippen LogP contribution in [0.2, 0.25) is 4.34 Å². The minimum absolute atomic E-state index is 0.0552. The van der Waals surface area contributed by atoms with E-state index in [-0.39, 0.29) is 11.3 Å². The van der Waals surface area contributed by atoms with E-state index in [0.717, 1.165) is 32.6 Å². The van der Waals surface area contributed by atoms with E-state index in [4.69, 9.17) is 16.3 Å². The average Bonchev–Trinajstić information content (AvgIpc) is 2.75. The van der Waals surface area contributed by atoms with Crippen LogP contribution in [0.5, 0.6) is 0 Å². The topological polar surface area (TPSA) is 29.5 Å². The van der Waals surface area contributed by atoms with Crippen LogP contribution in [-0.2, 0) is 4.74 Å². The van der Waals surface area contributed by atoms with E-state index in [1.54, 1.807) is 17.0 Å². The fraction of sp³-hybridized carbons (Fsp3) is 0.615. The molecule has 100 valence electrons. The van der Waals surface area contributed by atoms with Gasteiger partial charge in [0.25, 0.3) is 5.91 Å². The van der Waals surface area contributed by atoms with Crippen LogP contribution in [0, 0.1) is 5.41 Å². The summed E-state index contributed by atoms with van der Waals surface area (Å²) in [5, 5.41) is 0. The zero-order valence-electron chi connectivity index (χ0n) is 10.7. The maximum Gasteiger partial charge on any atom is 0.263 e. The molecule has 0 saturated carbocycles. The Morgan fingerprint density at radius 1 is 1.50 bits per heavy atom. The highest BCUT2D eigenvalue weighted by Crippen LogP contribution is 2.31. The van der Waals surface area contributed by atoms with Crippen molar-refractivity contribution >= 4 is 28.8 Å². The van der Waals surface area contributed by atoms with Crippen LogP contribution in [0.25, 0.3) is 0 Å². The molecule has 0 atom stereocenters. The fourth-order valence-corrected chi connectivity index (χ4v) is 3.32. The van der Waals surface area contributed by atoms with Crippen LogP contribution in [0.3, 0.4) is 0 Å². The highest BCUT2D eigenvalue weighted by atomic mass is 35.5. The summed E-state index contributed by atoms with van der Waals surface area (Å²) in [5.74, 6) is 0.0552. The van der Waals surface area contributed by atoms with Gasteiger partial charge in [-0.25, -0.2) is 0 Å². The van der Waals surface area contributed by atoms with E-state index in [2.05, 4.69) is 6.92 Å². The first-order chi connectivity index (χ1) is 8.50. The number of halogens is 1. The fourth-order valence-electron chi connectivity index (χ4n) is 2.28. The number of carbonyl (C=O) groups is 1. The molecule has 0 N–H and O–H groups in total. The second kappa shape index (κ2) is 5.59. The zero-order chi connectivity index (χ0) is 13.2. The Labute approximate surface area is 117 Å². The van der Waals surface area contributed by atoms with Crippen molar-refractivity contribution in [1.29, 1.82) is 0 Å². The number of thiophene rings is 1. The number of hydrogen-bond acceptors (Lipinski definition) is 3. The Morgan fingerprint density at radius 3 is 2.72 bits per heavy atom. The molecule has 1 aromatic rings. The third-order valence-electron chi connectivity index (χ3n) is 3.45. The number of hydrogen-bond donors (Lipinski definition) is 0. The number of rotatable bonds is 3. The highest BCUT2D eigenvalue weighted by molar-refractivity contribution is 7.17. The van der Waals surface area contributed by atoms with E-state index < -0.39 is 0 Å². The van der Waals surface area contributed by atoms with E-state index in [1.165, 1.54) is 11.3 Å². The van der Waals surface area contributed by atoms with Gasteiger partial charge in [0.1, 0.15) is 0 Å². The SMILES string of the molecule is CN(CC1(C)CCOCC1)C(=O)c1ccc(Cl)s1. The average molecular weight is 288 g/mol. The number of ether oxygens (including phenoxy) is 1. The Bertz CT molecular complexity index is 426. The van der Waals surface area contributed by atoms with Crippen molar-refractivity contribution in [3.63, 3.8) is 0 Å². The molecule has 0 spiro atoms. The molecule has 2 rings (SSSR count). The van der Waals surface area contributed by atoms with Crippen LogP contribution >= 0.6 is 22.9 Å². The quantitative estimate of drug-likeness (QED) is 0.854. The summed E-state index contributed by atoms with van der Waals surface area (Å²) in [7, 11) is 1.86. The zero-order valence-corrected chi connectivity index (χ0v) is 12.3. The van der Waals surface area contributed by atoms with Crippen molar-refractivity contribution in [3.8, 4) is 0 Å². The molecule has 1 saturated heterocycles. The van der Waals surface area contributed by atoms with Crippen molar-refractivity contribution < 1.29 is 9.53 Å². The Morgan fingerprint density at radius 2 is 2.17 bits per heavy atom. The summed E-state index contributed by atoms with van der Waals surface area (Å²) in [6.45, 7) is 4.58. The molecule has 0 radical (unpaired) electrons. The smallest absolute Gasteiger partial charge is 0.263 e. The highest BCUT2D eigenvalue weighted by Gasteiger charge is 2.30. The molecule has 0 aliphatic carbocycles. The van der Waals surface area contributed by atoms with Crippen LogP contribution < -0.4 is 0 Å². The number of carbonyl (C=O) groups excluding carboxylic acids is 1. The lowest BCUT2D eigenvalue weighted by atomic mass is 9.82. The summed E-state index contributed by atoms with van der Waals surface area (Å²) in [6.07, 6.45) is 2.02. The van der Waals surface area contributed by atoms with E-state index in [0.29, 0.717) is 9.21 Å². The van der Waals surface area contributed by atoms with Gasteiger partial charge in [0.2, 0.25) is 0 Å². The number of nitrogens with zero attached hydrogens (tertiary/aromatic N) is 1. The standard InChI is InChI=1S/C13H18ClNO2S/c1-13(5-7-17-8-6-13)9-15(2)12(16)10-3-4-11(14)18-10/h3-4H,5-9H2,1-2H3. The molecule has 5 heteroatoms. The van der Waals surface area contributed by atoms with Gasteiger partial charge in [0.05, 0.1) is 9.21 Å². The van der Waals surface area contributed by atoms with Gasteiger partial charge in [-0.3, -0.25) is 4.79 Å². The van der Waals surface area contributed by atoms with E-state index in [1.807, 2.05) is 7.05 Å². The molecule has 3 nitrogen and oxygen atoms in total. The molecular weight excluding hydrogens is 270 g/mol. The molecule has 2 heterocycles. The van der Waals surface area contributed by atoms with Crippen molar-refractivity contribution in [1.82, 2.24) is 4.90 Å². The minimum atomic E-state index is 0.0552. The molecule has 0 bridgehead atoms. The lowest BCUT2D eigenvalue weighted by Crippen LogP contribution is -2.40. The van der Waals surface area contributed by atoms with Crippen molar-refractivity contribution in [3.05, 3.63) is 21.3 Å². The molecule has 0 unspecified atom stereocenters. The molecular formula is C13H18ClNO2S. The van der Waals surface area contributed by atoms with Crippen LogP contribution in [-0.4, -0.2) is 37.6 Å². The maximum atomic E-state index is 12.2. The third-order valence-corrected chi connectivity index (χ3v) is 4.67. The second-order valence-corrected chi connectivity index (χ2v) is 6.90. The Kier molecular flexibility index (Phi) is 4.30. The Hall–Kier alpha value is -0.580. The molecule has 1 amide bonds. The van der Waals surface area contributed by atoms with Gasteiger partial charge in [-0.15, -0.1) is 11.3 Å². The largest absolute Gasteiger partial charge is 0.381 e. The van der Waals surface area contributed by atoms with Crippen LogP contribution in [0.1, 0.15) is 29.4 Å². The van der Waals surface area contributed by atoms with Crippen LogP contribution in [0.4, 0.5) is 0 Å².